The van der Waals surface area contributed by atoms with Gasteiger partial charge in [-0.25, -0.2) is 0 Å². The van der Waals surface area contributed by atoms with Crippen LogP contribution in [0.1, 0.15) is 64.2 Å². The van der Waals surface area contributed by atoms with Crippen LogP contribution < -0.4 is 0 Å². The third-order valence-corrected chi connectivity index (χ3v) is 10.6. The van der Waals surface area contributed by atoms with E-state index in [1.165, 1.54) is 43.2 Å². The molecule has 2 fully saturated rings. The van der Waals surface area contributed by atoms with Crippen LogP contribution in [-0.4, -0.2) is 25.9 Å². The maximum atomic E-state index is 4.19. The standard InChI is InChI=1S/C13H24P.C10H8N2.Pd/c1-14(12-8-4-2-5-9-12)13-10-6-3-7-11-13;1-3-7-11-9(5-1)10-6-2-4-8-12-10;/h12-13H,1-11H2;1-8H;. The molecule has 4 rings (SSSR count). The van der Waals surface area contributed by atoms with Gasteiger partial charge < -0.3 is 0 Å². The molecule has 0 bridgehead atoms. The van der Waals surface area contributed by atoms with Gasteiger partial charge in [-0.15, -0.1) is 0 Å². The van der Waals surface area contributed by atoms with Crippen molar-refractivity contribution >= 4 is 7.92 Å². The zero-order valence-corrected chi connectivity index (χ0v) is 18.7. The largest absolute Gasteiger partial charge is 0.255 e. The molecule has 0 atom stereocenters. The van der Waals surface area contributed by atoms with E-state index in [4.69, 9.17) is 0 Å². The Kier molecular flexibility index (Phi) is 9.43. The van der Waals surface area contributed by atoms with Crippen LogP contribution in [0.15, 0.2) is 48.8 Å². The van der Waals surface area contributed by atoms with Crippen LogP contribution in [0.3, 0.4) is 0 Å². The minimum absolute atomic E-state index is 0.339. The zero-order chi connectivity index (χ0) is 18.7. The smallest absolute Gasteiger partial charge is 0.0886 e. The maximum Gasteiger partial charge on any atom is 0.0886 e. The van der Waals surface area contributed by atoms with E-state index >= 15 is 0 Å². The van der Waals surface area contributed by atoms with Crippen LogP contribution in [0.2, 0.25) is 0 Å². The molecule has 2 aliphatic carbocycles. The summed E-state index contributed by atoms with van der Waals surface area (Å²) < 4.78 is 1.37. The molecule has 0 spiro atoms. The van der Waals surface area contributed by atoms with E-state index in [9.17, 15) is 0 Å². The van der Waals surface area contributed by atoms with E-state index in [2.05, 4.69) is 29.2 Å². The SMILES string of the molecule is [Pd][CH2]P(C1CCCCC1)C1CCCCC1.c1ccc(-c2ccccn2)nc1. The second kappa shape index (κ2) is 12.1. The summed E-state index contributed by atoms with van der Waals surface area (Å²) in [4.78, 5) is 8.37. The topological polar surface area (TPSA) is 25.8 Å². The van der Waals surface area contributed by atoms with Crippen molar-refractivity contribution < 1.29 is 19.2 Å². The summed E-state index contributed by atoms with van der Waals surface area (Å²) in [5, 5.41) is 0. The molecule has 2 aromatic heterocycles. The number of hydrogen-bond donors (Lipinski definition) is 0. The van der Waals surface area contributed by atoms with Gasteiger partial charge in [0.1, 0.15) is 0 Å². The van der Waals surface area contributed by atoms with Gasteiger partial charge in [0.15, 0.2) is 0 Å². The molecule has 0 amide bonds. The number of rotatable bonds is 4. The Labute approximate surface area is 177 Å². The van der Waals surface area contributed by atoms with Gasteiger partial charge in [0, 0.05) is 12.4 Å². The number of pyridine rings is 2. The summed E-state index contributed by atoms with van der Waals surface area (Å²) in [7, 11) is 0.339. The van der Waals surface area contributed by atoms with Crippen LogP contribution in [0.5, 0.6) is 0 Å². The molecule has 0 aromatic carbocycles. The third kappa shape index (κ3) is 6.74. The molecule has 0 radical (unpaired) electrons. The van der Waals surface area contributed by atoms with Crippen LogP contribution in [0.25, 0.3) is 11.4 Å². The fourth-order valence-electron chi connectivity index (χ4n) is 4.32. The predicted octanol–water partition coefficient (Wildman–Crippen LogP) is 6.78. The van der Waals surface area contributed by atoms with Crippen molar-refractivity contribution in [2.75, 3.05) is 4.63 Å². The number of nitrogens with zero attached hydrogens (tertiary/aromatic N) is 2. The van der Waals surface area contributed by atoms with Gasteiger partial charge in [-0.1, -0.05) is 12.1 Å². The molecule has 0 aliphatic heterocycles. The predicted molar refractivity (Wildman–Crippen MR) is 113 cm³/mol. The van der Waals surface area contributed by atoms with Crippen LogP contribution in [0.4, 0.5) is 0 Å². The molecule has 2 saturated carbocycles. The molecule has 0 saturated heterocycles. The minimum atomic E-state index is 0.339. The van der Waals surface area contributed by atoms with Gasteiger partial charge in [-0.2, -0.15) is 0 Å². The summed E-state index contributed by atoms with van der Waals surface area (Å²) in [6.45, 7) is 0. The molecule has 2 nitrogen and oxygen atoms in total. The van der Waals surface area contributed by atoms with E-state index in [1.807, 2.05) is 36.4 Å². The number of hydrogen-bond acceptors (Lipinski definition) is 2. The van der Waals surface area contributed by atoms with Crippen molar-refractivity contribution in [3.63, 3.8) is 0 Å². The second-order valence-electron chi connectivity index (χ2n) is 7.63. The van der Waals surface area contributed by atoms with Crippen LogP contribution >= 0.6 is 7.92 Å². The third-order valence-electron chi connectivity index (χ3n) is 5.80. The molecule has 2 heterocycles. The Morgan fingerprint density at radius 1 is 0.704 bits per heavy atom. The first kappa shape index (κ1) is 21.1. The Balaban J connectivity index is 0.000000159. The van der Waals surface area contributed by atoms with Crippen molar-refractivity contribution in [1.29, 1.82) is 0 Å². The van der Waals surface area contributed by atoms with Crippen molar-refractivity contribution in [2.24, 2.45) is 0 Å². The monoisotopic (exact) mass is 473 g/mol. The molecule has 2 aliphatic rings. The van der Waals surface area contributed by atoms with Crippen LogP contribution in [0, 0.1) is 0 Å². The number of aromatic nitrogens is 2. The van der Waals surface area contributed by atoms with Crippen LogP contribution in [-0.2, 0) is 19.2 Å². The summed E-state index contributed by atoms with van der Waals surface area (Å²) in [5.74, 6) is 0. The molecule has 149 valence electrons. The Morgan fingerprint density at radius 3 is 1.48 bits per heavy atom. The van der Waals surface area contributed by atoms with E-state index in [1.54, 1.807) is 38.1 Å². The molecule has 2 aromatic rings. The maximum absolute atomic E-state index is 4.19. The van der Waals surface area contributed by atoms with Crippen molar-refractivity contribution in [1.82, 2.24) is 9.97 Å². The summed E-state index contributed by atoms with van der Waals surface area (Å²) in [5.41, 5.74) is 4.09. The Morgan fingerprint density at radius 2 is 1.15 bits per heavy atom. The van der Waals surface area contributed by atoms with Gasteiger partial charge in [-0.3, -0.25) is 9.97 Å². The van der Waals surface area contributed by atoms with Crippen molar-refractivity contribution in [3.8, 4) is 11.4 Å². The molecule has 4 heteroatoms. The van der Waals surface area contributed by atoms with Gasteiger partial charge in [0.05, 0.1) is 11.4 Å². The second-order valence-corrected chi connectivity index (χ2v) is 11.8. The zero-order valence-electron chi connectivity index (χ0n) is 16.2. The summed E-state index contributed by atoms with van der Waals surface area (Å²) in [6, 6.07) is 11.6. The van der Waals surface area contributed by atoms with Crippen molar-refractivity contribution in [2.45, 2.75) is 75.5 Å². The van der Waals surface area contributed by atoms with Crippen molar-refractivity contribution in [3.05, 3.63) is 48.8 Å². The average Bonchev–Trinajstić information content (AvgIpc) is 2.78. The average molecular weight is 474 g/mol. The fourth-order valence-corrected chi connectivity index (χ4v) is 9.70. The van der Waals surface area contributed by atoms with E-state index in [0.29, 0.717) is 7.92 Å². The normalized spacial score (nSPS) is 18.8. The molecule has 0 unspecified atom stereocenters. The molecular weight excluding hydrogens is 442 g/mol. The van der Waals surface area contributed by atoms with Gasteiger partial charge >= 0.3 is 107 Å². The van der Waals surface area contributed by atoms with E-state index < -0.39 is 0 Å². The minimum Gasteiger partial charge on any atom is -0.255 e. The summed E-state index contributed by atoms with van der Waals surface area (Å²) in [6.07, 6.45) is 18.9. The Hall–Kier alpha value is -0.608. The van der Waals surface area contributed by atoms with Gasteiger partial charge in [0.25, 0.3) is 0 Å². The Bertz CT molecular complexity index is 570. The van der Waals surface area contributed by atoms with Gasteiger partial charge in [0.2, 0.25) is 0 Å². The van der Waals surface area contributed by atoms with Gasteiger partial charge in [-0.05, 0) is 24.3 Å². The molecular formula is C23H32N2PPd. The summed E-state index contributed by atoms with van der Waals surface area (Å²) >= 11 is 3.55. The van der Waals surface area contributed by atoms with E-state index in [0.717, 1.165) is 22.7 Å². The first-order valence-corrected chi connectivity index (χ1v) is 13.2. The molecule has 0 N–H and O–H groups in total. The quantitative estimate of drug-likeness (QED) is 0.361. The first-order chi connectivity index (χ1) is 13.4. The molecule has 27 heavy (non-hydrogen) atoms. The fraction of sp³-hybridized carbons (Fsp3) is 0.565. The first-order valence-electron chi connectivity index (χ1n) is 10.5. The van der Waals surface area contributed by atoms with E-state index in [-0.39, 0.29) is 0 Å².